The fraction of sp³-hybridized carbons (Fsp3) is 0.643. The summed E-state index contributed by atoms with van der Waals surface area (Å²) in [4.78, 5) is 6.79. The Bertz CT molecular complexity index is 399. The van der Waals surface area contributed by atoms with Crippen LogP contribution in [0.15, 0.2) is 6.07 Å². The lowest BCUT2D eigenvalue weighted by Gasteiger charge is -2.32. The van der Waals surface area contributed by atoms with E-state index in [1.165, 1.54) is 19.3 Å². The van der Waals surface area contributed by atoms with Crippen LogP contribution in [0.5, 0.6) is 0 Å². The molecule has 1 heterocycles. The zero-order chi connectivity index (χ0) is 12.4. The van der Waals surface area contributed by atoms with Gasteiger partial charge in [0.1, 0.15) is 5.82 Å². The van der Waals surface area contributed by atoms with Crippen LogP contribution in [0.3, 0.4) is 0 Å². The summed E-state index contributed by atoms with van der Waals surface area (Å²) in [6.45, 7) is 5.18. The molecule has 1 aromatic heterocycles. The lowest BCUT2D eigenvalue weighted by molar-refractivity contribution is 0.280. The van der Waals surface area contributed by atoms with E-state index in [-0.39, 0.29) is 6.61 Å². The largest absolute Gasteiger partial charge is 0.392 e. The van der Waals surface area contributed by atoms with Crippen molar-refractivity contribution in [1.82, 2.24) is 4.98 Å². The van der Waals surface area contributed by atoms with Crippen LogP contribution in [-0.2, 0) is 6.61 Å². The molecule has 0 atom stereocenters. The maximum Gasteiger partial charge on any atom is 0.134 e. The number of hydrogen-bond donors (Lipinski definition) is 1. The summed E-state index contributed by atoms with van der Waals surface area (Å²) in [5.41, 5.74) is 3.13. The Balaban J connectivity index is 2.22. The fourth-order valence-corrected chi connectivity index (χ4v) is 2.50. The van der Waals surface area contributed by atoms with Crippen LogP contribution in [-0.4, -0.2) is 23.7 Å². The normalized spacial score (nSPS) is 15.8. The third-order valence-electron chi connectivity index (χ3n) is 3.73. The Labute approximate surface area is 103 Å². The summed E-state index contributed by atoms with van der Waals surface area (Å²) in [6.07, 6.45) is 4.04. The second-order valence-electron chi connectivity index (χ2n) is 5.22. The zero-order valence-electron chi connectivity index (χ0n) is 11.0. The van der Waals surface area contributed by atoms with Crippen molar-refractivity contribution in [3.8, 4) is 0 Å². The molecule has 1 saturated carbocycles. The van der Waals surface area contributed by atoms with Crippen LogP contribution in [0.25, 0.3) is 0 Å². The number of aliphatic hydroxyl groups is 1. The van der Waals surface area contributed by atoms with Crippen LogP contribution in [0.4, 0.5) is 5.82 Å². The number of pyridine rings is 1. The van der Waals surface area contributed by atoms with E-state index in [0.717, 1.165) is 35.1 Å². The molecule has 1 N–H and O–H groups in total. The molecule has 0 spiro atoms. The topological polar surface area (TPSA) is 36.4 Å². The highest BCUT2D eigenvalue weighted by molar-refractivity contribution is 5.50. The van der Waals surface area contributed by atoms with Gasteiger partial charge in [0.2, 0.25) is 0 Å². The van der Waals surface area contributed by atoms with Crippen LogP contribution in [0, 0.1) is 19.8 Å². The number of aromatic nitrogens is 1. The van der Waals surface area contributed by atoms with E-state index >= 15 is 0 Å². The number of hydrogen-bond acceptors (Lipinski definition) is 3. The minimum Gasteiger partial charge on any atom is -0.392 e. The van der Waals surface area contributed by atoms with Gasteiger partial charge >= 0.3 is 0 Å². The van der Waals surface area contributed by atoms with Gasteiger partial charge in [-0.3, -0.25) is 0 Å². The molecule has 0 aliphatic heterocycles. The van der Waals surface area contributed by atoms with Crippen LogP contribution >= 0.6 is 0 Å². The van der Waals surface area contributed by atoms with Gasteiger partial charge in [0.15, 0.2) is 0 Å². The molecule has 1 fully saturated rings. The predicted octanol–water partition coefficient (Wildman–Crippen LogP) is 2.43. The van der Waals surface area contributed by atoms with Gasteiger partial charge in [-0.15, -0.1) is 0 Å². The Kier molecular flexibility index (Phi) is 3.67. The second kappa shape index (κ2) is 5.05. The van der Waals surface area contributed by atoms with Gasteiger partial charge in [0.05, 0.1) is 6.61 Å². The molecule has 2 rings (SSSR count). The predicted molar refractivity (Wildman–Crippen MR) is 70.2 cm³/mol. The monoisotopic (exact) mass is 234 g/mol. The summed E-state index contributed by atoms with van der Waals surface area (Å²) >= 11 is 0. The molecular formula is C14H22N2O. The maximum absolute atomic E-state index is 9.48. The number of anilines is 1. The Morgan fingerprint density at radius 1 is 1.41 bits per heavy atom. The van der Waals surface area contributed by atoms with Crippen molar-refractivity contribution in [2.24, 2.45) is 5.92 Å². The first kappa shape index (κ1) is 12.4. The minimum atomic E-state index is 0.0729. The first-order chi connectivity index (χ1) is 8.11. The number of aliphatic hydroxyl groups excluding tert-OH is 1. The van der Waals surface area contributed by atoms with Crippen molar-refractivity contribution in [3.05, 3.63) is 22.9 Å². The van der Waals surface area contributed by atoms with E-state index in [0.29, 0.717) is 0 Å². The Morgan fingerprint density at radius 2 is 2.12 bits per heavy atom. The molecule has 0 amide bonds. The van der Waals surface area contributed by atoms with Gasteiger partial charge in [0.25, 0.3) is 0 Å². The molecule has 1 aromatic rings. The third kappa shape index (κ3) is 2.60. The van der Waals surface area contributed by atoms with Gasteiger partial charge in [-0.25, -0.2) is 4.98 Å². The van der Waals surface area contributed by atoms with E-state index < -0.39 is 0 Å². The van der Waals surface area contributed by atoms with Crippen molar-refractivity contribution in [3.63, 3.8) is 0 Å². The zero-order valence-corrected chi connectivity index (χ0v) is 11.0. The molecular weight excluding hydrogens is 212 g/mol. The number of aryl methyl sites for hydroxylation is 2. The standard InChI is InChI=1S/C14H22N2O/c1-10-7-11(2)15-14(13(10)9-17)16(3)8-12-5-4-6-12/h7,12,17H,4-6,8-9H2,1-3H3. The average Bonchev–Trinajstić information content (AvgIpc) is 2.22. The van der Waals surface area contributed by atoms with Crippen molar-refractivity contribution >= 4 is 5.82 Å². The quantitative estimate of drug-likeness (QED) is 0.869. The highest BCUT2D eigenvalue weighted by atomic mass is 16.3. The van der Waals surface area contributed by atoms with Gasteiger partial charge in [-0.2, -0.15) is 0 Å². The maximum atomic E-state index is 9.48. The summed E-state index contributed by atoms with van der Waals surface area (Å²) in [5.74, 6) is 1.77. The van der Waals surface area contributed by atoms with E-state index in [1.54, 1.807) is 0 Å². The smallest absolute Gasteiger partial charge is 0.134 e. The summed E-state index contributed by atoms with van der Waals surface area (Å²) < 4.78 is 0. The SMILES string of the molecule is Cc1cc(C)c(CO)c(N(C)CC2CCC2)n1. The van der Waals surface area contributed by atoms with Crippen LogP contribution in [0.1, 0.15) is 36.1 Å². The second-order valence-corrected chi connectivity index (χ2v) is 5.22. The molecule has 0 bridgehead atoms. The highest BCUT2D eigenvalue weighted by Crippen LogP contribution is 2.29. The summed E-state index contributed by atoms with van der Waals surface area (Å²) in [7, 11) is 2.08. The van der Waals surface area contributed by atoms with Crippen molar-refractivity contribution in [2.75, 3.05) is 18.5 Å². The van der Waals surface area contributed by atoms with Crippen molar-refractivity contribution < 1.29 is 5.11 Å². The molecule has 0 saturated heterocycles. The van der Waals surface area contributed by atoms with Crippen molar-refractivity contribution in [1.29, 1.82) is 0 Å². The third-order valence-corrected chi connectivity index (χ3v) is 3.73. The summed E-state index contributed by atoms with van der Waals surface area (Å²) in [5, 5.41) is 9.48. The van der Waals surface area contributed by atoms with E-state index in [1.807, 2.05) is 19.9 Å². The highest BCUT2D eigenvalue weighted by Gasteiger charge is 2.21. The van der Waals surface area contributed by atoms with Gasteiger partial charge in [-0.05, 0) is 44.2 Å². The molecule has 3 nitrogen and oxygen atoms in total. The van der Waals surface area contributed by atoms with E-state index in [9.17, 15) is 5.11 Å². The first-order valence-electron chi connectivity index (χ1n) is 6.41. The fourth-order valence-electron chi connectivity index (χ4n) is 2.50. The first-order valence-corrected chi connectivity index (χ1v) is 6.41. The van der Waals surface area contributed by atoms with Crippen molar-refractivity contribution in [2.45, 2.75) is 39.7 Å². The Morgan fingerprint density at radius 3 is 2.65 bits per heavy atom. The average molecular weight is 234 g/mol. The van der Waals surface area contributed by atoms with Gasteiger partial charge in [0, 0.05) is 24.8 Å². The Hall–Kier alpha value is -1.09. The molecule has 0 radical (unpaired) electrons. The minimum absolute atomic E-state index is 0.0729. The summed E-state index contributed by atoms with van der Waals surface area (Å²) in [6, 6.07) is 2.03. The van der Waals surface area contributed by atoms with Gasteiger partial charge < -0.3 is 10.0 Å². The number of rotatable bonds is 4. The lowest BCUT2D eigenvalue weighted by Crippen LogP contribution is -2.30. The molecule has 3 heteroatoms. The van der Waals surface area contributed by atoms with E-state index in [4.69, 9.17) is 0 Å². The van der Waals surface area contributed by atoms with Crippen LogP contribution < -0.4 is 4.90 Å². The molecule has 0 aromatic carbocycles. The molecule has 1 aliphatic rings. The van der Waals surface area contributed by atoms with Gasteiger partial charge in [-0.1, -0.05) is 6.42 Å². The number of nitrogens with zero attached hydrogens (tertiary/aromatic N) is 2. The van der Waals surface area contributed by atoms with Crippen LogP contribution in [0.2, 0.25) is 0 Å². The molecule has 1 aliphatic carbocycles. The lowest BCUT2D eigenvalue weighted by atomic mass is 9.85. The van der Waals surface area contributed by atoms with E-state index in [2.05, 4.69) is 16.9 Å². The molecule has 0 unspecified atom stereocenters. The molecule has 94 valence electrons. The molecule has 17 heavy (non-hydrogen) atoms.